The number of hydrogen-bond acceptors (Lipinski definition) is 5. The lowest BCUT2D eigenvalue weighted by Crippen LogP contribution is -2.48. The molecule has 0 bridgehead atoms. The average molecular weight is 368 g/mol. The minimum Gasteiger partial charge on any atom is -0.469 e. The van der Waals surface area contributed by atoms with Gasteiger partial charge in [-0.05, 0) is 36.4 Å². The first-order valence-corrected chi connectivity index (χ1v) is 9.08. The molecule has 0 atom stereocenters. The molecule has 27 heavy (non-hydrogen) atoms. The van der Waals surface area contributed by atoms with Crippen molar-refractivity contribution in [3.05, 3.63) is 54.6 Å². The predicted octanol–water partition coefficient (Wildman–Crippen LogP) is 3.08. The number of amides is 1. The molecular formula is C21H24N2O4. The molecule has 0 radical (unpaired) electrons. The lowest BCUT2D eigenvalue weighted by molar-refractivity contribution is -0.143. The molecule has 142 valence electrons. The molecule has 0 unspecified atom stereocenters. The minimum atomic E-state index is -0.347. The Kier molecular flexibility index (Phi) is 6.30. The van der Waals surface area contributed by atoms with E-state index in [0.717, 1.165) is 30.3 Å². The van der Waals surface area contributed by atoms with Gasteiger partial charge in [0.1, 0.15) is 11.5 Å². The van der Waals surface area contributed by atoms with Crippen molar-refractivity contribution in [2.24, 2.45) is 0 Å². The van der Waals surface area contributed by atoms with Gasteiger partial charge in [0, 0.05) is 38.3 Å². The number of benzene rings is 2. The summed E-state index contributed by atoms with van der Waals surface area (Å²) < 4.78 is 10.4. The molecule has 0 saturated carbocycles. The topological polar surface area (TPSA) is 59.1 Å². The first kappa shape index (κ1) is 18.8. The Morgan fingerprint density at radius 2 is 1.48 bits per heavy atom. The van der Waals surface area contributed by atoms with Gasteiger partial charge in [-0.3, -0.25) is 9.59 Å². The maximum atomic E-state index is 12.2. The van der Waals surface area contributed by atoms with E-state index in [-0.39, 0.29) is 24.7 Å². The van der Waals surface area contributed by atoms with Crippen molar-refractivity contribution >= 4 is 17.6 Å². The fourth-order valence-electron chi connectivity index (χ4n) is 3.03. The summed E-state index contributed by atoms with van der Waals surface area (Å²) in [6, 6.07) is 17.7. The van der Waals surface area contributed by atoms with Crippen molar-refractivity contribution in [1.82, 2.24) is 4.90 Å². The highest BCUT2D eigenvalue weighted by molar-refractivity contribution is 5.81. The van der Waals surface area contributed by atoms with Gasteiger partial charge in [0.15, 0.2) is 0 Å². The number of esters is 1. The van der Waals surface area contributed by atoms with E-state index >= 15 is 0 Å². The molecule has 1 saturated heterocycles. The third kappa shape index (κ3) is 5.23. The van der Waals surface area contributed by atoms with Crippen LogP contribution in [-0.2, 0) is 14.3 Å². The third-order valence-electron chi connectivity index (χ3n) is 4.58. The van der Waals surface area contributed by atoms with E-state index in [1.807, 2.05) is 59.5 Å². The SMILES string of the molecule is COC(=O)CCC(=O)N1CCN(c2ccc(Oc3ccccc3)cc2)CC1. The van der Waals surface area contributed by atoms with Crippen LogP contribution < -0.4 is 9.64 Å². The van der Waals surface area contributed by atoms with E-state index in [2.05, 4.69) is 9.64 Å². The maximum Gasteiger partial charge on any atom is 0.306 e. The molecule has 2 aromatic rings. The van der Waals surface area contributed by atoms with Gasteiger partial charge < -0.3 is 19.3 Å². The fraction of sp³-hybridized carbons (Fsp3) is 0.333. The molecule has 1 fully saturated rings. The van der Waals surface area contributed by atoms with E-state index in [0.29, 0.717) is 13.1 Å². The third-order valence-corrected chi connectivity index (χ3v) is 4.58. The normalized spacial score (nSPS) is 14.0. The summed E-state index contributed by atoms with van der Waals surface area (Å²) in [5.74, 6) is 1.26. The van der Waals surface area contributed by atoms with Crippen LogP contribution in [0.5, 0.6) is 11.5 Å². The van der Waals surface area contributed by atoms with Crippen LogP contribution in [0, 0.1) is 0 Å². The van der Waals surface area contributed by atoms with Gasteiger partial charge >= 0.3 is 5.97 Å². The zero-order valence-electron chi connectivity index (χ0n) is 15.5. The molecule has 1 amide bonds. The van der Waals surface area contributed by atoms with Gasteiger partial charge in [-0.2, -0.15) is 0 Å². The Morgan fingerprint density at radius 3 is 2.11 bits per heavy atom. The van der Waals surface area contributed by atoms with Crippen LogP contribution >= 0.6 is 0 Å². The number of piperazine rings is 1. The number of rotatable bonds is 6. The molecule has 0 N–H and O–H groups in total. The molecule has 6 heteroatoms. The zero-order valence-corrected chi connectivity index (χ0v) is 15.5. The van der Waals surface area contributed by atoms with Crippen LogP contribution in [0.3, 0.4) is 0 Å². The number of anilines is 1. The summed E-state index contributed by atoms with van der Waals surface area (Å²) in [4.78, 5) is 27.4. The lowest BCUT2D eigenvalue weighted by Gasteiger charge is -2.36. The maximum absolute atomic E-state index is 12.2. The summed E-state index contributed by atoms with van der Waals surface area (Å²) >= 11 is 0. The molecule has 0 spiro atoms. The van der Waals surface area contributed by atoms with E-state index in [1.54, 1.807) is 0 Å². The molecule has 1 heterocycles. The van der Waals surface area contributed by atoms with E-state index in [4.69, 9.17) is 4.74 Å². The number of hydrogen-bond donors (Lipinski definition) is 0. The smallest absolute Gasteiger partial charge is 0.306 e. The number of nitrogens with zero attached hydrogens (tertiary/aromatic N) is 2. The van der Waals surface area contributed by atoms with Gasteiger partial charge in [-0.1, -0.05) is 18.2 Å². The molecule has 1 aliphatic rings. The number of carbonyl (C=O) groups is 2. The van der Waals surface area contributed by atoms with Crippen molar-refractivity contribution in [2.75, 3.05) is 38.2 Å². The summed E-state index contributed by atoms with van der Waals surface area (Å²) in [6.07, 6.45) is 0.344. The number of methoxy groups -OCH3 is 1. The molecule has 0 aromatic heterocycles. The predicted molar refractivity (Wildman–Crippen MR) is 103 cm³/mol. The molecule has 2 aromatic carbocycles. The molecule has 0 aliphatic carbocycles. The molecule has 1 aliphatic heterocycles. The van der Waals surface area contributed by atoms with E-state index in [9.17, 15) is 9.59 Å². The van der Waals surface area contributed by atoms with Crippen molar-refractivity contribution in [3.63, 3.8) is 0 Å². The van der Waals surface area contributed by atoms with Crippen molar-refractivity contribution in [3.8, 4) is 11.5 Å². The second-order valence-electron chi connectivity index (χ2n) is 6.35. The Morgan fingerprint density at radius 1 is 0.852 bits per heavy atom. The zero-order chi connectivity index (χ0) is 19.1. The molecule has 6 nitrogen and oxygen atoms in total. The largest absolute Gasteiger partial charge is 0.469 e. The quantitative estimate of drug-likeness (QED) is 0.734. The van der Waals surface area contributed by atoms with Gasteiger partial charge in [-0.15, -0.1) is 0 Å². The summed E-state index contributed by atoms with van der Waals surface area (Å²) in [5, 5.41) is 0. The second-order valence-corrected chi connectivity index (χ2v) is 6.35. The monoisotopic (exact) mass is 368 g/mol. The van der Waals surface area contributed by atoms with Crippen LogP contribution in [-0.4, -0.2) is 50.1 Å². The van der Waals surface area contributed by atoms with Crippen molar-refractivity contribution < 1.29 is 19.1 Å². The number of para-hydroxylation sites is 1. The first-order valence-electron chi connectivity index (χ1n) is 9.08. The highest BCUT2D eigenvalue weighted by atomic mass is 16.5. The summed E-state index contributed by atoms with van der Waals surface area (Å²) in [6.45, 7) is 2.84. The Balaban J connectivity index is 1.49. The van der Waals surface area contributed by atoms with Gasteiger partial charge in [0.05, 0.1) is 13.5 Å². The van der Waals surface area contributed by atoms with Crippen molar-refractivity contribution in [2.45, 2.75) is 12.8 Å². The Hall–Kier alpha value is -3.02. The minimum absolute atomic E-state index is 0.00617. The van der Waals surface area contributed by atoms with Crippen LogP contribution in [0.1, 0.15) is 12.8 Å². The fourth-order valence-corrected chi connectivity index (χ4v) is 3.03. The van der Waals surface area contributed by atoms with Gasteiger partial charge in [0.25, 0.3) is 0 Å². The van der Waals surface area contributed by atoms with E-state index in [1.165, 1.54) is 7.11 Å². The van der Waals surface area contributed by atoms with Crippen LogP contribution in [0.2, 0.25) is 0 Å². The Bertz CT molecular complexity index is 754. The second kappa shape index (κ2) is 9.07. The number of ether oxygens (including phenoxy) is 2. The van der Waals surface area contributed by atoms with Crippen molar-refractivity contribution in [1.29, 1.82) is 0 Å². The standard InChI is InChI=1S/C21H24N2O4/c1-26-21(25)12-11-20(24)23-15-13-22(14-16-23)17-7-9-19(10-8-17)27-18-5-3-2-4-6-18/h2-10H,11-16H2,1H3. The van der Waals surface area contributed by atoms with E-state index < -0.39 is 0 Å². The lowest BCUT2D eigenvalue weighted by atomic mass is 10.2. The van der Waals surface area contributed by atoms with Crippen LogP contribution in [0.4, 0.5) is 5.69 Å². The summed E-state index contributed by atoms with van der Waals surface area (Å²) in [5.41, 5.74) is 1.11. The van der Waals surface area contributed by atoms with Gasteiger partial charge in [-0.25, -0.2) is 0 Å². The highest BCUT2D eigenvalue weighted by Gasteiger charge is 2.21. The van der Waals surface area contributed by atoms with Crippen LogP contribution in [0.25, 0.3) is 0 Å². The Labute approximate surface area is 159 Å². The highest BCUT2D eigenvalue weighted by Crippen LogP contribution is 2.25. The summed E-state index contributed by atoms with van der Waals surface area (Å²) in [7, 11) is 1.34. The molecule has 3 rings (SSSR count). The first-order chi connectivity index (χ1) is 13.2. The number of carbonyl (C=O) groups excluding carboxylic acids is 2. The molecular weight excluding hydrogens is 344 g/mol. The van der Waals surface area contributed by atoms with Crippen LogP contribution in [0.15, 0.2) is 54.6 Å². The van der Waals surface area contributed by atoms with Gasteiger partial charge in [0.2, 0.25) is 5.91 Å². The average Bonchev–Trinajstić information content (AvgIpc) is 2.73.